The fraction of sp³-hybridized carbons (Fsp3) is 0.615. The van der Waals surface area contributed by atoms with Crippen molar-refractivity contribution in [3.05, 3.63) is 12.1 Å². The largest absolute Gasteiger partial charge is 0.534 e. The van der Waals surface area contributed by atoms with E-state index in [9.17, 15) is 15.0 Å². The van der Waals surface area contributed by atoms with Gasteiger partial charge in [0, 0.05) is 18.7 Å². The molecule has 1 aromatic heterocycles. The third-order valence-electron chi connectivity index (χ3n) is 3.99. The second-order valence-electron chi connectivity index (χ2n) is 5.20. The molecule has 0 amide bonds. The molecule has 2 heterocycles. The zero-order valence-electron chi connectivity index (χ0n) is 10.9. The molecule has 1 spiro atoms. The number of aromatic nitrogens is 1. The summed E-state index contributed by atoms with van der Waals surface area (Å²) in [5.41, 5.74) is -0.375. The van der Waals surface area contributed by atoms with Crippen LogP contribution in [0.1, 0.15) is 32.1 Å². The number of carbonyl (C=O) groups excluding carboxylic acids is 1. The Kier molecular flexibility index (Phi) is 3.21. The Balaban J connectivity index is 1.64. The summed E-state index contributed by atoms with van der Waals surface area (Å²) in [6.07, 6.45) is 3.10. The van der Waals surface area contributed by atoms with Crippen molar-refractivity contribution in [1.29, 1.82) is 0 Å². The third-order valence-corrected chi connectivity index (χ3v) is 3.99. The number of nitrogens with zero attached hydrogens (tertiary/aromatic N) is 1. The molecule has 110 valence electrons. The van der Waals surface area contributed by atoms with Gasteiger partial charge in [0.15, 0.2) is 0 Å². The van der Waals surface area contributed by atoms with Gasteiger partial charge in [0.25, 0.3) is 0 Å². The van der Waals surface area contributed by atoms with E-state index in [0.717, 1.165) is 32.1 Å². The number of hydrogen-bond acceptors (Lipinski definition) is 6. The van der Waals surface area contributed by atoms with Gasteiger partial charge in [-0.3, -0.25) is 4.84 Å². The van der Waals surface area contributed by atoms with Gasteiger partial charge in [-0.2, -0.15) is 0 Å². The molecule has 0 aromatic carbocycles. The van der Waals surface area contributed by atoms with Crippen molar-refractivity contribution < 1.29 is 29.3 Å². The van der Waals surface area contributed by atoms with Crippen LogP contribution >= 0.6 is 0 Å². The predicted molar refractivity (Wildman–Crippen MR) is 66.4 cm³/mol. The summed E-state index contributed by atoms with van der Waals surface area (Å²) in [5, 5.41) is 18.8. The molecule has 1 aliphatic heterocycles. The number of ether oxygens (including phenoxy) is 2. The molecule has 2 fully saturated rings. The second kappa shape index (κ2) is 4.90. The maximum absolute atomic E-state index is 11.8. The fourth-order valence-electron chi connectivity index (χ4n) is 3.05. The Hall–Kier alpha value is -1.89. The Bertz CT molecular complexity index is 480. The normalized spacial score (nSPS) is 28.9. The van der Waals surface area contributed by atoms with Gasteiger partial charge in [-0.25, -0.2) is 4.79 Å². The molecule has 0 bridgehead atoms. The Labute approximate surface area is 115 Å². The van der Waals surface area contributed by atoms with Gasteiger partial charge >= 0.3 is 6.16 Å². The van der Waals surface area contributed by atoms with E-state index in [2.05, 4.69) is 0 Å². The van der Waals surface area contributed by atoms with Crippen molar-refractivity contribution in [2.45, 2.75) is 43.8 Å². The lowest BCUT2D eigenvalue weighted by atomic mass is 9.96. The Morgan fingerprint density at radius 3 is 2.65 bits per heavy atom. The highest BCUT2D eigenvalue weighted by Crippen LogP contribution is 2.42. The van der Waals surface area contributed by atoms with E-state index in [1.165, 1.54) is 12.1 Å². The zero-order chi connectivity index (χ0) is 14.2. The van der Waals surface area contributed by atoms with Gasteiger partial charge < -0.3 is 19.7 Å². The van der Waals surface area contributed by atoms with Gasteiger partial charge in [-0.05, 0) is 32.1 Å². The van der Waals surface area contributed by atoms with Crippen LogP contribution in [-0.2, 0) is 9.47 Å². The van der Waals surface area contributed by atoms with Crippen molar-refractivity contribution in [3.8, 4) is 11.8 Å². The number of aromatic hydroxyl groups is 2. The minimum atomic E-state index is -0.964. The quantitative estimate of drug-likeness (QED) is 0.801. The van der Waals surface area contributed by atoms with Crippen molar-refractivity contribution in [3.63, 3.8) is 0 Å². The van der Waals surface area contributed by atoms with E-state index >= 15 is 0 Å². The highest BCUT2D eigenvalue weighted by Gasteiger charge is 2.48. The molecule has 1 aliphatic carbocycles. The first-order chi connectivity index (χ1) is 9.61. The minimum absolute atomic E-state index is 0.336. The van der Waals surface area contributed by atoms with Crippen molar-refractivity contribution in [2.75, 3.05) is 6.61 Å². The molecule has 2 N–H and O–H groups in total. The van der Waals surface area contributed by atoms with E-state index in [-0.39, 0.29) is 23.5 Å². The summed E-state index contributed by atoms with van der Waals surface area (Å²) >= 11 is 0. The smallest absolute Gasteiger partial charge is 0.492 e. The topological polar surface area (TPSA) is 90.2 Å². The first kappa shape index (κ1) is 13.1. The van der Waals surface area contributed by atoms with Crippen LogP contribution in [0.25, 0.3) is 0 Å². The van der Waals surface area contributed by atoms with Crippen molar-refractivity contribution >= 4 is 6.16 Å². The summed E-state index contributed by atoms with van der Waals surface area (Å²) in [5.74, 6) is -0.754. The van der Waals surface area contributed by atoms with Gasteiger partial charge in [-0.15, -0.1) is 4.73 Å². The molecule has 2 unspecified atom stereocenters. The van der Waals surface area contributed by atoms with Crippen molar-refractivity contribution in [2.24, 2.45) is 0 Å². The van der Waals surface area contributed by atoms with E-state index in [0.29, 0.717) is 11.3 Å². The molecule has 2 atom stereocenters. The van der Waals surface area contributed by atoms with Crippen LogP contribution in [-0.4, -0.2) is 39.4 Å². The van der Waals surface area contributed by atoms with Crippen LogP contribution in [0.15, 0.2) is 12.1 Å². The number of rotatable bonds is 2. The lowest BCUT2D eigenvalue weighted by molar-refractivity contribution is -0.0914. The molecule has 20 heavy (non-hydrogen) atoms. The number of hydrogen-bond donors (Lipinski definition) is 2. The van der Waals surface area contributed by atoms with Gasteiger partial charge in [-0.1, -0.05) is 0 Å². The fourth-order valence-corrected chi connectivity index (χ4v) is 3.05. The maximum Gasteiger partial charge on any atom is 0.534 e. The Morgan fingerprint density at radius 2 is 2.00 bits per heavy atom. The summed E-state index contributed by atoms with van der Waals surface area (Å²) in [6.45, 7) is 0.689. The van der Waals surface area contributed by atoms with E-state index < -0.39 is 6.16 Å². The minimum Gasteiger partial charge on any atom is -0.492 e. The molecule has 1 saturated carbocycles. The molecule has 7 heteroatoms. The first-order valence-electron chi connectivity index (χ1n) is 6.73. The SMILES string of the molecule is O=C(OC1CCCC12CCCO2)On1c(O)ccc1O. The lowest BCUT2D eigenvalue weighted by Gasteiger charge is -2.29. The van der Waals surface area contributed by atoms with Crippen LogP contribution in [0, 0.1) is 0 Å². The predicted octanol–water partition coefficient (Wildman–Crippen LogP) is 1.57. The van der Waals surface area contributed by atoms with Gasteiger partial charge in [0.05, 0.1) is 0 Å². The Morgan fingerprint density at radius 1 is 1.30 bits per heavy atom. The van der Waals surface area contributed by atoms with Gasteiger partial charge in [0.2, 0.25) is 11.8 Å². The monoisotopic (exact) mass is 283 g/mol. The molecule has 2 aliphatic rings. The molecule has 1 saturated heterocycles. The van der Waals surface area contributed by atoms with Crippen LogP contribution in [0.5, 0.6) is 11.8 Å². The highest BCUT2D eigenvalue weighted by atomic mass is 16.8. The van der Waals surface area contributed by atoms with Crippen molar-refractivity contribution in [1.82, 2.24) is 4.73 Å². The molecular formula is C13H17NO6. The van der Waals surface area contributed by atoms with Crippen LogP contribution in [0.3, 0.4) is 0 Å². The van der Waals surface area contributed by atoms with Gasteiger partial charge in [0.1, 0.15) is 11.7 Å². The van der Waals surface area contributed by atoms with Crippen LogP contribution in [0.2, 0.25) is 0 Å². The van der Waals surface area contributed by atoms with Crippen LogP contribution < -0.4 is 4.84 Å². The molecular weight excluding hydrogens is 266 g/mol. The third kappa shape index (κ3) is 2.18. The zero-order valence-corrected chi connectivity index (χ0v) is 10.9. The van der Waals surface area contributed by atoms with Crippen LogP contribution in [0.4, 0.5) is 4.79 Å². The highest BCUT2D eigenvalue weighted by molar-refractivity contribution is 5.61. The second-order valence-corrected chi connectivity index (χ2v) is 5.20. The first-order valence-corrected chi connectivity index (χ1v) is 6.73. The molecule has 7 nitrogen and oxygen atoms in total. The summed E-state index contributed by atoms with van der Waals surface area (Å²) < 4.78 is 11.7. The average molecular weight is 283 g/mol. The molecule has 1 aromatic rings. The molecule has 3 rings (SSSR count). The average Bonchev–Trinajstić information content (AvgIpc) is 3.11. The van der Waals surface area contributed by atoms with E-state index in [1.807, 2.05) is 0 Å². The lowest BCUT2D eigenvalue weighted by Crippen LogP contribution is -2.41. The summed E-state index contributed by atoms with van der Waals surface area (Å²) in [4.78, 5) is 16.5. The standard InChI is InChI=1S/C13H17NO6/c15-10-4-5-11(16)14(10)20-12(17)19-9-3-1-6-13(9)7-2-8-18-13/h4-5,9,15-16H,1-3,6-8H2. The summed E-state index contributed by atoms with van der Waals surface area (Å²) in [7, 11) is 0. The van der Waals surface area contributed by atoms with E-state index in [1.54, 1.807) is 0 Å². The van der Waals surface area contributed by atoms with E-state index in [4.69, 9.17) is 14.3 Å². The molecule has 0 radical (unpaired) electrons. The number of carbonyl (C=O) groups is 1. The maximum atomic E-state index is 11.8. The summed E-state index contributed by atoms with van der Waals surface area (Å²) in [6, 6.07) is 2.42.